The van der Waals surface area contributed by atoms with E-state index in [2.05, 4.69) is 88.2 Å². The summed E-state index contributed by atoms with van der Waals surface area (Å²) in [5, 5.41) is 19.2. The molecule has 0 radical (unpaired) electrons. The van der Waals surface area contributed by atoms with E-state index < -0.39 is 6.09 Å². The lowest BCUT2D eigenvalue weighted by Crippen LogP contribution is -2.48. The Morgan fingerprint density at radius 2 is 1.17 bits per heavy atom. The second kappa shape index (κ2) is 23.9. The molecule has 14 nitrogen and oxygen atoms in total. The first-order valence-corrected chi connectivity index (χ1v) is 23.3. The summed E-state index contributed by atoms with van der Waals surface area (Å²) < 4.78 is 26.9. The van der Waals surface area contributed by atoms with E-state index in [1.807, 2.05) is 43.3 Å². The van der Waals surface area contributed by atoms with Crippen molar-refractivity contribution in [2.75, 3.05) is 77.5 Å². The van der Waals surface area contributed by atoms with Crippen LogP contribution in [0.15, 0.2) is 97.1 Å². The van der Waals surface area contributed by atoms with Gasteiger partial charge in [-0.1, -0.05) is 67.6 Å². The Morgan fingerprint density at radius 3 is 1.64 bits per heavy atom. The van der Waals surface area contributed by atoms with Crippen molar-refractivity contribution in [2.24, 2.45) is 0 Å². The Balaban J connectivity index is 0.000000196. The fourth-order valence-electron chi connectivity index (χ4n) is 8.90. The van der Waals surface area contributed by atoms with Crippen LogP contribution in [0.4, 0.5) is 21.0 Å². The van der Waals surface area contributed by atoms with Gasteiger partial charge in [0.2, 0.25) is 0 Å². The number of hydrogen-bond acceptors (Lipinski definition) is 9. The van der Waals surface area contributed by atoms with Gasteiger partial charge in [-0.05, 0) is 97.7 Å². The minimum Gasteiger partial charge on any atom is -0.465 e. The summed E-state index contributed by atoms with van der Waals surface area (Å²) in [4.78, 5) is 34.2. The molecule has 2 aliphatic rings. The van der Waals surface area contributed by atoms with E-state index >= 15 is 0 Å². The van der Waals surface area contributed by atoms with E-state index in [-0.39, 0.29) is 24.2 Å². The average Bonchev–Trinajstić information content (AvgIpc) is 3.99. The fraction of sp³-hybridized carbons (Fsp3) is 0.423. The van der Waals surface area contributed by atoms with Crippen LogP contribution in [0.25, 0.3) is 44.3 Å². The Hall–Kier alpha value is -6.06. The minimum atomic E-state index is -0.824. The summed E-state index contributed by atoms with van der Waals surface area (Å²) in [6, 6.07) is 34.2. The molecule has 4 heterocycles. The molecule has 2 aromatic heterocycles. The highest BCUT2D eigenvalue weighted by Gasteiger charge is 2.31. The molecular formula is C52H66N6O8. The lowest BCUT2D eigenvalue weighted by atomic mass is 9.95. The molecule has 14 heteroatoms. The molecule has 0 spiro atoms. The summed E-state index contributed by atoms with van der Waals surface area (Å²) in [5.41, 5.74) is 10.9. The first-order valence-electron chi connectivity index (χ1n) is 23.3. The van der Waals surface area contributed by atoms with Gasteiger partial charge in [-0.2, -0.15) is 0 Å². The Bertz CT molecular complexity index is 2450. The zero-order valence-electron chi connectivity index (χ0n) is 38.8. The van der Waals surface area contributed by atoms with Gasteiger partial charge in [0.05, 0.1) is 68.7 Å². The number of benzene rings is 4. The number of anilines is 2. The number of hydrogen-bond donors (Lipinski definition) is 5. The number of carboxylic acid groups (broad SMARTS) is 1. The van der Waals surface area contributed by atoms with Gasteiger partial charge in [-0.25, -0.2) is 9.59 Å². The number of methoxy groups -OCH3 is 2. The molecule has 2 unspecified atom stereocenters. The molecule has 5 N–H and O–H groups in total. The van der Waals surface area contributed by atoms with Crippen LogP contribution in [0.5, 0.6) is 0 Å². The van der Waals surface area contributed by atoms with E-state index in [0.29, 0.717) is 65.9 Å². The predicted octanol–water partition coefficient (Wildman–Crippen LogP) is 10.4. The highest BCUT2D eigenvalue weighted by Crippen LogP contribution is 2.34. The number of nitrogens with zero attached hydrogens (tertiary/aromatic N) is 2. The second-order valence-electron chi connectivity index (χ2n) is 16.9. The normalized spacial score (nSPS) is 16.5. The molecule has 2 aliphatic heterocycles. The summed E-state index contributed by atoms with van der Waals surface area (Å²) in [6.07, 6.45) is 3.10. The van der Waals surface area contributed by atoms with Crippen molar-refractivity contribution >= 4 is 45.4 Å². The zero-order chi connectivity index (χ0) is 46.3. The molecule has 8 rings (SSSR count). The molecule has 0 saturated carbocycles. The fourth-order valence-corrected chi connectivity index (χ4v) is 8.90. The number of piperidine rings is 2. The van der Waals surface area contributed by atoms with Crippen LogP contribution in [0.2, 0.25) is 0 Å². The highest BCUT2D eigenvalue weighted by molar-refractivity contribution is 5.96. The number of ether oxygens (including phenoxy) is 5. The number of carbonyl (C=O) groups excluding carboxylic acids is 1. The number of nitrogens with one attached hydrogen (secondary N) is 4. The van der Waals surface area contributed by atoms with Gasteiger partial charge < -0.3 is 59.2 Å². The van der Waals surface area contributed by atoms with E-state index in [1.165, 1.54) is 0 Å². The quantitative estimate of drug-likeness (QED) is 0.0525. The molecule has 2 fully saturated rings. The van der Waals surface area contributed by atoms with E-state index in [9.17, 15) is 14.7 Å². The van der Waals surface area contributed by atoms with Crippen LogP contribution in [-0.4, -0.2) is 122 Å². The topological polar surface area (TPSA) is 163 Å². The maximum Gasteiger partial charge on any atom is 0.409 e. The Morgan fingerprint density at radius 1 is 0.667 bits per heavy atom. The van der Waals surface area contributed by atoms with Crippen molar-refractivity contribution in [2.45, 2.75) is 77.3 Å². The van der Waals surface area contributed by atoms with E-state index in [4.69, 9.17) is 23.7 Å². The number of fused-ring (bicyclic) bond motifs is 2. The van der Waals surface area contributed by atoms with Gasteiger partial charge in [-0.3, -0.25) is 0 Å². The predicted molar refractivity (Wildman–Crippen MR) is 261 cm³/mol. The third kappa shape index (κ3) is 12.6. The van der Waals surface area contributed by atoms with E-state index in [1.54, 1.807) is 24.0 Å². The number of rotatable bonds is 18. The maximum absolute atomic E-state index is 12.0. The molecule has 352 valence electrons. The van der Waals surface area contributed by atoms with Crippen molar-refractivity contribution in [1.29, 1.82) is 0 Å². The van der Waals surface area contributed by atoms with Crippen LogP contribution in [0, 0.1) is 0 Å². The monoisotopic (exact) mass is 902 g/mol. The number of H-pyrrole nitrogens is 2. The number of carbonyl (C=O) groups is 2. The lowest BCUT2D eigenvalue weighted by Gasteiger charge is -2.38. The summed E-state index contributed by atoms with van der Waals surface area (Å²) in [7, 11) is 3.34. The van der Waals surface area contributed by atoms with Crippen molar-refractivity contribution in [3.63, 3.8) is 0 Å². The second-order valence-corrected chi connectivity index (χ2v) is 16.9. The van der Waals surface area contributed by atoms with Crippen LogP contribution in [0.3, 0.4) is 0 Å². The third-order valence-electron chi connectivity index (χ3n) is 12.3. The maximum atomic E-state index is 12.0. The van der Waals surface area contributed by atoms with Gasteiger partial charge in [0, 0.05) is 74.1 Å². The molecular weight excluding hydrogens is 837 g/mol. The van der Waals surface area contributed by atoms with Crippen molar-refractivity contribution in [3.05, 3.63) is 108 Å². The van der Waals surface area contributed by atoms with Crippen molar-refractivity contribution < 1.29 is 38.4 Å². The molecule has 66 heavy (non-hydrogen) atoms. The minimum absolute atomic E-state index is 0.0355. The van der Waals surface area contributed by atoms with Crippen LogP contribution in [0.1, 0.15) is 57.1 Å². The van der Waals surface area contributed by atoms with E-state index in [0.717, 1.165) is 98.9 Å². The molecule has 0 aliphatic carbocycles. The average molecular weight is 903 g/mol. The number of aromatic amines is 2. The van der Waals surface area contributed by atoms with Gasteiger partial charge in [-0.15, -0.1) is 0 Å². The Labute approximate surface area is 387 Å². The summed E-state index contributed by atoms with van der Waals surface area (Å²) in [5.74, 6) is 0. The molecule has 2 amide bonds. The summed E-state index contributed by atoms with van der Waals surface area (Å²) in [6.45, 7) is 9.52. The van der Waals surface area contributed by atoms with Gasteiger partial charge in [0.25, 0.3) is 0 Å². The molecule has 2 saturated heterocycles. The molecule has 0 bridgehead atoms. The first-order chi connectivity index (χ1) is 32.3. The largest absolute Gasteiger partial charge is 0.465 e. The third-order valence-corrected chi connectivity index (χ3v) is 12.3. The zero-order valence-corrected chi connectivity index (χ0v) is 38.8. The molecule has 2 atom stereocenters. The summed E-state index contributed by atoms with van der Waals surface area (Å²) >= 11 is 0. The van der Waals surface area contributed by atoms with Crippen LogP contribution < -0.4 is 10.6 Å². The first kappa shape index (κ1) is 47.9. The van der Waals surface area contributed by atoms with Gasteiger partial charge in [0.15, 0.2) is 0 Å². The highest BCUT2D eigenvalue weighted by atomic mass is 16.6. The van der Waals surface area contributed by atoms with Gasteiger partial charge in [0.1, 0.15) is 0 Å². The number of amides is 2. The SMILES string of the molecule is CCC1CC(Nc2cc(COCCOC)cc3cc(-c4ccccc4)[nH]c23)CCN1C(=O)O.CCOC(=O)N1CCC(Nc2cc(COCCOC)cc3cc(-c4ccccc4)[nH]c23)CC1. The smallest absolute Gasteiger partial charge is 0.409 e. The number of likely N-dealkylation sites (tertiary alicyclic amines) is 2. The molecule has 6 aromatic rings. The molecule has 4 aromatic carbocycles. The van der Waals surface area contributed by atoms with Crippen LogP contribution >= 0.6 is 0 Å². The number of aromatic nitrogens is 2. The lowest BCUT2D eigenvalue weighted by molar-refractivity contribution is 0.0617. The Kier molecular flexibility index (Phi) is 17.4. The standard InChI is InChI=1S/2C26H33N3O4/c1-3-33-26(30)29-11-9-22(10-12-29)27-24-16-19(18-32-14-13-31-2)15-21-17-23(28-25(21)24)20-7-5-4-6-8-20;1-3-22-16-21(9-10-29(22)26(30)31)27-24-14-18(17-33-12-11-32-2)13-20-15-23(28-25(20)24)19-7-5-4-6-8-19/h4-8,15-17,22,27-28H,3,9-14,18H2,1-2H3;4-8,13-15,21-22,27-28H,3,9-12,16-17H2,1-2H3,(H,30,31). The van der Waals surface area contributed by atoms with Gasteiger partial charge >= 0.3 is 12.2 Å². The van der Waals surface area contributed by atoms with Crippen LogP contribution in [-0.2, 0) is 36.9 Å². The van der Waals surface area contributed by atoms with Crippen molar-refractivity contribution in [1.82, 2.24) is 19.8 Å². The van der Waals surface area contributed by atoms with Crippen molar-refractivity contribution in [3.8, 4) is 22.5 Å².